The average molecular weight is 410 g/mol. The smallest absolute Gasteiger partial charge is 0.322 e. The molecular weight excluding hydrogens is 378 g/mol. The van der Waals surface area contributed by atoms with E-state index in [2.05, 4.69) is 58.6 Å². The van der Waals surface area contributed by atoms with Crippen molar-refractivity contribution in [3.05, 3.63) is 41.6 Å². The molecule has 4 rings (SSSR count). The van der Waals surface area contributed by atoms with Gasteiger partial charge in [0.2, 0.25) is 5.95 Å². The number of rotatable bonds is 7. The second-order valence-corrected chi connectivity index (χ2v) is 8.24. The second kappa shape index (κ2) is 8.87. The first-order chi connectivity index (χ1) is 14.5. The first-order valence-electron chi connectivity index (χ1n) is 10.6. The summed E-state index contributed by atoms with van der Waals surface area (Å²) in [4.78, 5) is 11.7. The van der Waals surface area contributed by atoms with Crippen LogP contribution < -0.4 is 15.4 Å². The standard InChI is InChI=1S/C22H31N7O/c1-15(2)19-14-25-29-20(19)26-22(30-18-8-10-28(4)11-9-18)27-21(29)24-13-16-6-5-7-17(12-16)23-3/h5-7,12,14-15,18,23H,8-11,13H2,1-4H3,(H,24,26,27). The Morgan fingerprint density at radius 3 is 2.73 bits per heavy atom. The van der Waals surface area contributed by atoms with Crippen molar-refractivity contribution in [3.63, 3.8) is 0 Å². The molecule has 0 atom stereocenters. The zero-order chi connectivity index (χ0) is 21.1. The van der Waals surface area contributed by atoms with Gasteiger partial charge in [0.1, 0.15) is 6.10 Å². The van der Waals surface area contributed by atoms with E-state index in [-0.39, 0.29) is 6.10 Å². The van der Waals surface area contributed by atoms with E-state index in [9.17, 15) is 0 Å². The Bertz CT molecular complexity index is 992. The Balaban J connectivity index is 1.61. The van der Waals surface area contributed by atoms with Crippen LogP contribution in [-0.2, 0) is 6.54 Å². The zero-order valence-electron chi connectivity index (χ0n) is 18.2. The van der Waals surface area contributed by atoms with Crippen molar-refractivity contribution < 1.29 is 4.74 Å². The Kier molecular flexibility index (Phi) is 6.03. The lowest BCUT2D eigenvalue weighted by atomic mass is 10.1. The van der Waals surface area contributed by atoms with E-state index >= 15 is 0 Å². The van der Waals surface area contributed by atoms with Crippen LogP contribution in [0.2, 0.25) is 0 Å². The summed E-state index contributed by atoms with van der Waals surface area (Å²) in [6.45, 7) is 6.99. The molecule has 1 saturated heterocycles. The van der Waals surface area contributed by atoms with E-state index in [0.717, 1.165) is 48.4 Å². The molecule has 8 nitrogen and oxygen atoms in total. The molecule has 0 spiro atoms. The maximum atomic E-state index is 6.21. The van der Waals surface area contributed by atoms with Crippen LogP contribution in [-0.4, -0.2) is 57.8 Å². The van der Waals surface area contributed by atoms with Crippen LogP contribution in [0.4, 0.5) is 11.6 Å². The number of hydrogen-bond donors (Lipinski definition) is 2. The highest BCUT2D eigenvalue weighted by atomic mass is 16.5. The average Bonchev–Trinajstić information content (AvgIpc) is 3.18. The topological polar surface area (TPSA) is 79.6 Å². The molecule has 3 aromatic rings. The molecule has 0 aliphatic carbocycles. The number of hydrogen-bond acceptors (Lipinski definition) is 7. The maximum Gasteiger partial charge on any atom is 0.322 e. The maximum absolute atomic E-state index is 6.21. The van der Waals surface area contributed by atoms with E-state index in [1.165, 1.54) is 0 Å². The van der Waals surface area contributed by atoms with E-state index in [1.807, 2.05) is 25.4 Å². The van der Waals surface area contributed by atoms with Crippen molar-refractivity contribution in [1.82, 2.24) is 24.5 Å². The van der Waals surface area contributed by atoms with Crippen molar-refractivity contribution in [1.29, 1.82) is 0 Å². The fraction of sp³-hybridized carbons (Fsp3) is 0.500. The number of aromatic nitrogens is 4. The van der Waals surface area contributed by atoms with Crippen LogP contribution in [0.1, 0.15) is 43.7 Å². The molecule has 0 amide bonds. The van der Waals surface area contributed by atoms with Crippen molar-refractivity contribution in [2.45, 2.75) is 45.3 Å². The van der Waals surface area contributed by atoms with Gasteiger partial charge < -0.3 is 20.3 Å². The van der Waals surface area contributed by atoms with Gasteiger partial charge in [0.15, 0.2) is 5.65 Å². The minimum atomic E-state index is 0.147. The van der Waals surface area contributed by atoms with Crippen LogP contribution in [0.3, 0.4) is 0 Å². The predicted octanol–water partition coefficient (Wildman–Crippen LogP) is 3.37. The first kappa shape index (κ1) is 20.4. The minimum Gasteiger partial charge on any atom is -0.460 e. The molecule has 0 saturated carbocycles. The number of likely N-dealkylation sites (tertiary alicyclic amines) is 1. The lowest BCUT2D eigenvalue weighted by Gasteiger charge is -2.28. The molecule has 0 unspecified atom stereocenters. The first-order valence-corrected chi connectivity index (χ1v) is 10.6. The molecule has 30 heavy (non-hydrogen) atoms. The zero-order valence-corrected chi connectivity index (χ0v) is 18.2. The summed E-state index contributed by atoms with van der Waals surface area (Å²) < 4.78 is 7.98. The van der Waals surface area contributed by atoms with E-state index in [1.54, 1.807) is 4.52 Å². The highest BCUT2D eigenvalue weighted by molar-refractivity contribution is 5.53. The largest absolute Gasteiger partial charge is 0.460 e. The number of anilines is 2. The highest BCUT2D eigenvalue weighted by Crippen LogP contribution is 2.24. The van der Waals surface area contributed by atoms with Gasteiger partial charge in [-0.25, -0.2) is 0 Å². The highest BCUT2D eigenvalue weighted by Gasteiger charge is 2.21. The van der Waals surface area contributed by atoms with Gasteiger partial charge in [-0.1, -0.05) is 26.0 Å². The van der Waals surface area contributed by atoms with E-state index in [0.29, 0.717) is 24.4 Å². The van der Waals surface area contributed by atoms with Crippen molar-refractivity contribution >= 4 is 17.3 Å². The third kappa shape index (κ3) is 4.48. The molecule has 2 aromatic heterocycles. The summed E-state index contributed by atoms with van der Waals surface area (Å²) in [7, 11) is 4.06. The summed E-state index contributed by atoms with van der Waals surface area (Å²) in [5.74, 6) is 0.957. The van der Waals surface area contributed by atoms with Crippen molar-refractivity contribution in [2.24, 2.45) is 0 Å². The lowest BCUT2D eigenvalue weighted by Crippen LogP contribution is -2.36. The number of benzene rings is 1. The molecule has 1 aliphatic heterocycles. The Labute approximate surface area is 177 Å². The van der Waals surface area contributed by atoms with Gasteiger partial charge in [-0.3, -0.25) is 0 Å². The summed E-state index contributed by atoms with van der Waals surface area (Å²) in [5, 5.41) is 11.1. The number of nitrogens with one attached hydrogen (secondary N) is 2. The molecule has 1 aliphatic rings. The van der Waals surface area contributed by atoms with Gasteiger partial charge >= 0.3 is 6.01 Å². The molecule has 3 heterocycles. The van der Waals surface area contributed by atoms with Gasteiger partial charge in [-0.05, 0) is 43.5 Å². The quantitative estimate of drug-likeness (QED) is 0.619. The predicted molar refractivity (Wildman–Crippen MR) is 119 cm³/mol. The Hall–Kier alpha value is -2.87. The normalized spacial score (nSPS) is 15.6. The molecule has 0 radical (unpaired) electrons. The third-order valence-corrected chi connectivity index (χ3v) is 5.60. The monoisotopic (exact) mass is 409 g/mol. The lowest BCUT2D eigenvalue weighted by molar-refractivity contribution is 0.105. The Morgan fingerprint density at radius 2 is 2.00 bits per heavy atom. The van der Waals surface area contributed by atoms with Crippen LogP contribution in [0.15, 0.2) is 30.5 Å². The fourth-order valence-corrected chi connectivity index (χ4v) is 3.72. The molecule has 0 bridgehead atoms. The Morgan fingerprint density at radius 1 is 1.20 bits per heavy atom. The van der Waals surface area contributed by atoms with Gasteiger partial charge in [0.05, 0.1) is 6.20 Å². The van der Waals surface area contributed by atoms with Gasteiger partial charge in [0, 0.05) is 37.9 Å². The van der Waals surface area contributed by atoms with Crippen LogP contribution in [0.25, 0.3) is 5.65 Å². The van der Waals surface area contributed by atoms with Crippen molar-refractivity contribution in [3.8, 4) is 6.01 Å². The van der Waals surface area contributed by atoms with E-state index < -0.39 is 0 Å². The van der Waals surface area contributed by atoms with E-state index in [4.69, 9.17) is 9.72 Å². The third-order valence-electron chi connectivity index (χ3n) is 5.60. The summed E-state index contributed by atoms with van der Waals surface area (Å²) in [6.07, 6.45) is 4.00. The second-order valence-electron chi connectivity index (χ2n) is 8.24. The molecular formula is C22H31N7O. The SMILES string of the molecule is CNc1cccc(CNc2nc(OC3CCN(C)CC3)nc3c(C(C)C)cnn23)c1. The molecule has 160 valence electrons. The van der Waals surface area contributed by atoms with Crippen LogP contribution in [0, 0.1) is 0 Å². The number of ether oxygens (including phenoxy) is 1. The van der Waals surface area contributed by atoms with Gasteiger partial charge in [0.25, 0.3) is 0 Å². The number of piperidine rings is 1. The molecule has 8 heteroatoms. The number of fused-ring (bicyclic) bond motifs is 1. The summed E-state index contributed by atoms with van der Waals surface area (Å²) in [6, 6.07) is 8.71. The fourth-order valence-electron chi connectivity index (χ4n) is 3.72. The molecule has 1 aromatic carbocycles. The van der Waals surface area contributed by atoms with Gasteiger partial charge in [-0.15, -0.1) is 0 Å². The van der Waals surface area contributed by atoms with Gasteiger partial charge in [-0.2, -0.15) is 19.6 Å². The molecule has 2 N–H and O–H groups in total. The number of nitrogens with zero attached hydrogens (tertiary/aromatic N) is 5. The minimum absolute atomic E-state index is 0.147. The summed E-state index contributed by atoms with van der Waals surface area (Å²) >= 11 is 0. The molecule has 1 fully saturated rings. The van der Waals surface area contributed by atoms with Crippen LogP contribution >= 0.6 is 0 Å². The summed E-state index contributed by atoms with van der Waals surface area (Å²) in [5.41, 5.74) is 4.12. The van der Waals surface area contributed by atoms with Crippen molar-refractivity contribution in [2.75, 3.05) is 37.8 Å². The van der Waals surface area contributed by atoms with Crippen LogP contribution in [0.5, 0.6) is 6.01 Å².